The van der Waals surface area contributed by atoms with Crippen LogP contribution in [0.5, 0.6) is 5.75 Å². The van der Waals surface area contributed by atoms with E-state index in [4.69, 9.17) is 14.6 Å². The summed E-state index contributed by atoms with van der Waals surface area (Å²) in [5.41, 5.74) is 1.07. The number of benzene rings is 2. The monoisotopic (exact) mass is 728 g/mol. The lowest BCUT2D eigenvalue weighted by Crippen LogP contribution is -2.42. The molecule has 1 fully saturated rings. The lowest BCUT2D eigenvalue weighted by atomic mass is 10.00. The number of amides is 1. The van der Waals surface area contributed by atoms with Gasteiger partial charge in [-0.05, 0) is 95.8 Å². The Bertz CT molecular complexity index is 2140. The molecule has 6 rings (SSSR count). The SMILES string of the molecule is CN=S1(=O)CCC(Oc2ccc(-n3ccn(-c4c5c(nn4-c4cc(C)c(F)c(C)c4)CCN(C(=O)OC(C)(C)C)[C@H]5C)c3=O)cc2C(F)F)CC1. The van der Waals surface area contributed by atoms with Crippen molar-refractivity contribution in [1.29, 1.82) is 0 Å². The van der Waals surface area contributed by atoms with Gasteiger partial charge in [0.25, 0.3) is 6.43 Å². The molecule has 0 N–H and O–H groups in total. The van der Waals surface area contributed by atoms with E-state index in [2.05, 4.69) is 4.36 Å². The number of imidazole rings is 1. The van der Waals surface area contributed by atoms with Crippen molar-refractivity contribution < 1.29 is 31.6 Å². The fourth-order valence-electron chi connectivity index (χ4n) is 6.74. The molecule has 2 aromatic carbocycles. The van der Waals surface area contributed by atoms with Crippen molar-refractivity contribution in [3.05, 3.63) is 87.0 Å². The molecule has 1 amide bonds. The maximum absolute atomic E-state index is 14.7. The molecule has 11 nitrogen and oxygen atoms in total. The summed E-state index contributed by atoms with van der Waals surface area (Å²) in [6.07, 6.45) is 0.428. The molecule has 2 aromatic heterocycles. The molecule has 274 valence electrons. The van der Waals surface area contributed by atoms with Gasteiger partial charge in [-0.15, -0.1) is 0 Å². The summed E-state index contributed by atoms with van der Waals surface area (Å²) in [6.45, 7) is 10.8. The van der Waals surface area contributed by atoms with Crippen molar-refractivity contribution in [3.63, 3.8) is 0 Å². The molecule has 0 aliphatic carbocycles. The second kappa shape index (κ2) is 13.5. The second-order valence-electron chi connectivity index (χ2n) is 14.1. The van der Waals surface area contributed by atoms with Crippen molar-refractivity contribution in [2.24, 2.45) is 4.36 Å². The van der Waals surface area contributed by atoms with E-state index in [0.29, 0.717) is 71.2 Å². The van der Waals surface area contributed by atoms with Crippen LogP contribution in [-0.2, 0) is 20.9 Å². The lowest BCUT2D eigenvalue weighted by Gasteiger charge is -2.34. The number of aromatic nitrogens is 4. The van der Waals surface area contributed by atoms with E-state index < -0.39 is 39.6 Å². The fraction of sp³-hybridized carbons (Fsp3) is 0.472. The van der Waals surface area contributed by atoms with E-state index in [1.54, 1.807) is 56.3 Å². The third-order valence-corrected chi connectivity index (χ3v) is 11.8. The average molecular weight is 729 g/mol. The zero-order valence-electron chi connectivity index (χ0n) is 29.8. The van der Waals surface area contributed by atoms with Crippen LogP contribution in [-0.4, -0.2) is 70.9 Å². The average Bonchev–Trinajstić information content (AvgIpc) is 3.64. The Hall–Kier alpha value is -4.53. The number of aryl methyl sites for hydroxylation is 2. The first-order valence-electron chi connectivity index (χ1n) is 16.9. The van der Waals surface area contributed by atoms with E-state index in [0.717, 1.165) is 0 Å². The molecular weight excluding hydrogens is 685 g/mol. The Balaban J connectivity index is 1.43. The minimum atomic E-state index is -2.89. The molecule has 0 spiro atoms. The largest absolute Gasteiger partial charge is 0.490 e. The van der Waals surface area contributed by atoms with Gasteiger partial charge in [-0.3, -0.25) is 9.13 Å². The molecule has 0 bridgehead atoms. The maximum Gasteiger partial charge on any atom is 0.410 e. The number of carbonyl (C=O) groups is 1. The number of carbonyl (C=O) groups excluding carboxylic acids is 1. The van der Waals surface area contributed by atoms with Gasteiger partial charge in [0.15, 0.2) is 0 Å². The van der Waals surface area contributed by atoms with Gasteiger partial charge < -0.3 is 14.4 Å². The van der Waals surface area contributed by atoms with Crippen molar-refractivity contribution in [2.45, 2.75) is 85.0 Å². The molecular formula is C36H43F3N6O5S. The summed E-state index contributed by atoms with van der Waals surface area (Å²) in [4.78, 5) is 29.2. The summed E-state index contributed by atoms with van der Waals surface area (Å²) in [6, 6.07) is 6.90. The van der Waals surface area contributed by atoms with E-state index in [1.165, 1.54) is 46.8 Å². The van der Waals surface area contributed by atoms with Crippen LogP contribution in [0, 0.1) is 19.7 Å². The zero-order valence-corrected chi connectivity index (χ0v) is 30.6. The minimum Gasteiger partial charge on any atom is -0.490 e. The Morgan fingerprint density at radius 3 is 2.29 bits per heavy atom. The zero-order chi connectivity index (χ0) is 37.0. The molecule has 2 aliphatic rings. The van der Waals surface area contributed by atoms with Crippen LogP contribution in [0.15, 0.2) is 51.9 Å². The number of hydrogen-bond donors (Lipinski definition) is 0. The van der Waals surface area contributed by atoms with Crippen LogP contribution in [0.3, 0.4) is 0 Å². The van der Waals surface area contributed by atoms with Crippen LogP contribution in [0.1, 0.15) is 81.0 Å². The Labute approximate surface area is 295 Å². The first-order valence-corrected chi connectivity index (χ1v) is 18.7. The standard InChI is InChI=1S/C36H43F3N6O5S/c1-21-18-25(19-22(2)31(21)37)45-33(30-23(3)42(13-10-28(30)41-45)35(47)50-36(4,5)6)44-15-14-43(34(44)46)24-8-9-29(27(20-24)32(38)39)49-26-11-16-51(48,40-7)17-12-26/h8-9,14-15,18-20,23,26,32H,10-13,16-17H2,1-7H3/t23-,26?,51?/m0/s1. The van der Waals surface area contributed by atoms with Gasteiger partial charge in [0, 0.05) is 59.2 Å². The number of hydrogen-bond acceptors (Lipinski definition) is 7. The van der Waals surface area contributed by atoms with Crippen LogP contribution < -0.4 is 10.4 Å². The van der Waals surface area contributed by atoms with E-state index in [1.807, 2.05) is 6.92 Å². The quantitative estimate of drug-likeness (QED) is 0.211. The highest BCUT2D eigenvalue weighted by atomic mass is 32.2. The molecule has 1 saturated heterocycles. The fourth-order valence-corrected chi connectivity index (χ4v) is 8.57. The predicted molar refractivity (Wildman–Crippen MR) is 188 cm³/mol. The third kappa shape index (κ3) is 7.04. The molecule has 0 saturated carbocycles. The van der Waals surface area contributed by atoms with Crippen molar-refractivity contribution in [1.82, 2.24) is 23.8 Å². The number of rotatable bonds is 6. The molecule has 4 heterocycles. The van der Waals surface area contributed by atoms with Crippen LogP contribution in [0.25, 0.3) is 17.2 Å². The first-order chi connectivity index (χ1) is 24.0. The van der Waals surface area contributed by atoms with Crippen molar-refractivity contribution in [3.8, 4) is 22.9 Å². The van der Waals surface area contributed by atoms with Crippen LogP contribution in [0.2, 0.25) is 0 Å². The maximum atomic E-state index is 14.7. The summed E-state index contributed by atoms with van der Waals surface area (Å²) in [5, 5.41) is 4.88. The minimum absolute atomic E-state index is 0.00155. The van der Waals surface area contributed by atoms with Gasteiger partial charge in [-0.25, -0.2) is 36.0 Å². The Kier molecular flexibility index (Phi) is 9.63. The number of halogens is 3. The van der Waals surface area contributed by atoms with Gasteiger partial charge in [-0.2, -0.15) is 5.10 Å². The first kappa shape index (κ1) is 36.3. The van der Waals surface area contributed by atoms with E-state index in [-0.39, 0.29) is 28.9 Å². The predicted octanol–water partition coefficient (Wildman–Crippen LogP) is 7.00. The highest BCUT2D eigenvalue weighted by molar-refractivity contribution is 7.93. The van der Waals surface area contributed by atoms with Crippen LogP contribution in [0.4, 0.5) is 18.0 Å². The molecule has 51 heavy (non-hydrogen) atoms. The smallest absolute Gasteiger partial charge is 0.410 e. The molecule has 0 radical (unpaired) electrons. The Morgan fingerprint density at radius 1 is 1.04 bits per heavy atom. The van der Waals surface area contributed by atoms with E-state index >= 15 is 0 Å². The second-order valence-corrected chi connectivity index (χ2v) is 16.8. The summed E-state index contributed by atoms with van der Waals surface area (Å²) in [5.74, 6) is 0.654. The lowest BCUT2D eigenvalue weighted by molar-refractivity contribution is 0.0159. The Morgan fingerprint density at radius 2 is 1.69 bits per heavy atom. The summed E-state index contributed by atoms with van der Waals surface area (Å²) in [7, 11) is -0.760. The summed E-state index contributed by atoms with van der Waals surface area (Å²) < 4.78 is 76.1. The third-order valence-electron chi connectivity index (χ3n) is 9.40. The highest BCUT2D eigenvalue weighted by Crippen LogP contribution is 2.37. The number of ether oxygens (including phenoxy) is 2. The van der Waals surface area contributed by atoms with Gasteiger partial charge in [0.05, 0.1) is 28.7 Å². The van der Waals surface area contributed by atoms with Crippen molar-refractivity contribution >= 4 is 15.8 Å². The van der Waals surface area contributed by atoms with Gasteiger partial charge in [0.1, 0.15) is 29.1 Å². The van der Waals surface area contributed by atoms with Gasteiger partial charge in [-0.1, -0.05) is 0 Å². The number of alkyl halides is 2. The normalized spacial score (nSPS) is 20.7. The highest BCUT2D eigenvalue weighted by Gasteiger charge is 2.37. The summed E-state index contributed by atoms with van der Waals surface area (Å²) >= 11 is 0. The van der Waals surface area contributed by atoms with E-state index in [9.17, 15) is 27.0 Å². The molecule has 1 atom stereocenters. The van der Waals surface area contributed by atoms with Gasteiger partial charge in [0.2, 0.25) is 0 Å². The molecule has 2 aliphatic heterocycles. The van der Waals surface area contributed by atoms with Crippen LogP contribution >= 0.6 is 0 Å². The molecule has 4 aromatic rings. The number of fused-ring (bicyclic) bond motifs is 1. The molecule has 15 heteroatoms. The van der Waals surface area contributed by atoms with Gasteiger partial charge >= 0.3 is 11.8 Å². The number of nitrogens with zero attached hydrogens (tertiary/aromatic N) is 6. The topological polar surface area (TPSA) is 113 Å². The van der Waals surface area contributed by atoms with Crippen molar-refractivity contribution in [2.75, 3.05) is 25.1 Å². The molecule has 0 unspecified atom stereocenters.